The summed E-state index contributed by atoms with van der Waals surface area (Å²) in [4.78, 5) is 12.9. The number of nitrogens with zero attached hydrogens (tertiary/aromatic N) is 2. The number of carbonyl (C=O) groups excluding carboxylic acids is 1. The third-order valence-electron chi connectivity index (χ3n) is 4.34. The SMILES string of the molecule is Cc1nn(Cc2ccccc2Cl)c(Cl)c1C(=O)Nc1cccc(COC(C)C)c1. The number of anilines is 1. The van der Waals surface area contributed by atoms with E-state index in [4.69, 9.17) is 27.9 Å². The van der Waals surface area contributed by atoms with E-state index in [1.165, 1.54) is 0 Å². The van der Waals surface area contributed by atoms with E-state index in [-0.39, 0.29) is 17.2 Å². The van der Waals surface area contributed by atoms with Crippen LogP contribution in [0.5, 0.6) is 0 Å². The number of aromatic nitrogens is 2. The van der Waals surface area contributed by atoms with E-state index in [0.29, 0.717) is 35.1 Å². The second-order valence-corrected chi connectivity index (χ2v) is 7.78. The maximum Gasteiger partial charge on any atom is 0.260 e. The Balaban J connectivity index is 1.77. The van der Waals surface area contributed by atoms with Gasteiger partial charge in [0.15, 0.2) is 0 Å². The monoisotopic (exact) mass is 431 g/mol. The number of rotatable bonds is 7. The van der Waals surface area contributed by atoms with E-state index in [1.807, 2.05) is 62.4 Å². The summed E-state index contributed by atoms with van der Waals surface area (Å²) in [6.45, 7) is 6.59. The van der Waals surface area contributed by atoms with Crippen LogP contribution in [0.3, 0.4) is 0 Å². The lowest BCUT2D eigenvalue weighted by molar-refractivity contribution is 0.0657. The van der Waals surface area contributed by atoms with Gasteiger partial charge in [0.05, 0.1) is 30.5 Å². The molecule has 0 saturated carbocycles. The van der Waals surface area contributed by atoms with Gasteiger partial charge in [0.25, 0.3) is 5.91 Å². The smallest absolute Gasteiger partial charge is 0.260 e. The van der Waals surface area contributed by atoms with Crippen molar-refractivity contribution in [3.8, 4) is 0 Å². The molecule has 1 aromatic heterocycles. The molecule has 0 aliphatic carbocycles. The number of hydrogen-bond donors (Lipinski definition) is 1. The summed E-state index contributed by atoms with van der Waals surface area (Å²) < 4.78 is 7.21. The van der Waals surface area contributed by atoms with Crippen LogP contribution in [-0.4, -0.2) is 21.8 Å². The normalized spacial score (nSPS) is 11.1. The van der Waals surface area contributed by atoms with E-state index < -0.39 is 0 Å². The summed E-state index contributed by atoms with van der Waals surface area (Å²) in [5.41, 5.74) is 3.44. The predicted molar refractivity (Wildman–Crippen MR) is 117 cm³/mol. The van der Waals surface area contributed by atoms with Crippen LogP contribution in [0, 0.1) is 6.92 Å². The number of halogens is 2. The number of aryl methyl sites for hydroxylation is 1. The molecule has 0 spiro atoms. The van der Waals surface area contributed by atoms with E-state index in [2.05, 4.69) is 10.4 Å². The van der Waals surface area contributed by atoms with Crippen LogP contribution in [0.2, 0.25) is 10.2 Å². The summed E-state index contributed by atoms with van der Waals surface area (Å²) in [5.74, 6) is -0.306. The minimum Gasteiger partial charge on any atom is -0.374 e. The Labute approximate surface area is 180 Å². The predicted octanol–water partition coefficient (Wildman–Crippen LogP) is 5.72. The fourth-order valence-corrected chi connectivity index (χ4v) is 3.42. The standard InChI is InChI=1S/C22H23Cl2N3O2/c1-14(2)29-13-16-7-6-9-18(11-16)25-22(28)20-15(3)26-27(21(20)24)12-17-8-4-5-10-19(17)23/h4-11,14H,12-13H2,1-3H3,(H,25,28). The molecular weight excluding hydrogens is 409 g/mol. The Morgan fingerprint density at radius 1 is 1.17 bits per heavy atom. The highest BCUT2D eigenvalue weighted by molar-refractivity contribution is 6.34. The van der Waals surface area contributed by atoms with Crippen molar-refractivity contribution in [1.29, 1.82) is 0 Å². The van der Waals surface area contributed by atoms with Gasteiger partial charge in [-0.15, -0.1) is 0 Å². The highest BCUT2D eigenvalue weighted by Gasteiger charge is 2.21. The average Bonchev–Trinajstić information content (AvgIpc) is 2.95. The summed E-state index contributed by atoms with van der Waals surface area (Å²) in [7, 11) is 0. The van der Waals surface area contributed by atoms with Crippen molar-refractivity contribution >= 4 is 34.8 Å². The molecule has 3 rings (SSSR count). The largest absolute Gasteiger partial charge is 0.374 e. The van der Waals surface area contributed by atoms with E-state index in [1.54, 1.807) is 11.6 Å². The van der Waals surface area contributed by atoms with Gasteiger partial charge in [-0.25, -0.2) is 4.68 Å². The lowest BCUT2D eigenvalue weighted by atomic mass is 10.2. The van der Waals surface area contributed by atoms with Crippen molar-refractivity contribution in [2.24, 2.45) is 0 Å². The second-order valence-electron chi connectivity index (χ2n) is 7.01. The van der Waals surface area contributed by atoms with Gasteiger partial charge in [-0.1, -0.05) is 53.5 Å². The van der Waals surface area contributed by atoms with Crippen LogP contribution >= 0.6 is 23.2 Å². The van der Waals surface area contributed by atoms with Crippen molar-refractivity contribution in [2.75, 3.05) is 5.32 Å². The molecule has 0 aliphatic rings. The van der Waals surface area contributed by atoms with Crippen molar-refractivity contribution in [1.82, 2.24) is 9.78 Å². The first-order valence-electron chi connectivity index (χ1n) is 9.33. The summed E-state index contributed by atoms with van der Waals surface area (Å²) in [6, 6.07) is 15.0. The molecule has 1 heterocycles. The van der Waals surface area contributed by atoms with Crippen LogP contribution in [-0.2, 0) is 17.9 Å². The average molecular weight is 432 g/mol. The first kappa shape index (κ1) is 21.4. The molecule has 152 valence electrons. The third-order valence-corrected chi connectivity index (χ3v) is 5.09. The maximum absolute atomic E-state index is 12.9. The third kappa shape index (κ3) is 5.38. The minimum atomic E-state index is -0.306. The molecule has 5 nitrogen and oxygen atoms in total. The van der Waals surface area contributed by atoms with Crippen molar-refractivity contribution in [2.45, 2.75) is 40.0 Å². The topological polar surface area (TPSA) is 56.2 Å². The molecule has 0 atom stereocenters. The number of nitrogens with one attached hydrogen (secondary N) is 1. The summed E-state index contributed by atoms with van der Waals surface area (Å²) in [5, 5.41) is 8.22. The first-order chi connectivity index (χ1) is 13.8. The number of benzene rings is 2. The Hall–Kier alpha value is -2.34. The molecule has 0 bridgehead atoms. The summed E-state index contributed by atoms with van der Waals surface area (Å²) >= 11 is 12.7. The number of ether oxygens (including phenoxy) is 1. The van der Waals surface area contributed by atoms with Gasteiger partial charge in [-0.2, -0.15) is 5.10 Å². The molecular formula is C22H23Cl2N3O2. The van der Waals surface area contributed by atoms with E-state index >= 15 is 0 Å². The molecule has 0 saturated heterocycles. The zero-order valence-electron chi connectivity index (χ0n) is 16.6. The lowest BCUT2D eigenvalue weighted by Crippen LogP contribution is -2.13. The number of hydrogen-bond acceptors (Lipinski definition) is 3. The minimum absolute atomic E-state index is 0.138. The van der Waals surface area contributed by atoms with Gasteiger partial charge in [0.2, 0.25) is 0 Å². The second kappa shape index (κ2) is 9.44. The molecule has 0 fully saturated rings. The highest BCUT2D eigenvalue weighted by Crippen LogP contribution is 2.24. The molecule has 1 amide bonds. The zero-order chi connectivity index (χ0) is 21.0. The Morgan fingerprint density at radius 3 is 2.66 bits per heavy atom. The van der Waals surface area contributed by atoms with Gasteiger partial charge < -0.3 is 10.1 Å². The van der Waals surface area contributed by atoms with Gasteiger partial charge in [-0.05, 0) is 50.1 Å². The molecule has 7 heteroatoms. The quantitative estimate of drug-likeness (QED) is 0.519. The van der Waals surface area contributed by atoms with Crippen LogP contribution < -0.4 is 5.32 Å². The molecule has 3 aromatic rings. The van der Waals surface area contributed by atoms with Crippen molar-refractivity contribution < 1.29 is 9.53 Å². The fraction of sp³-hybridized carbons (Fsp3) is 0.273. The van der Waals surface area contributed by atoms with Gasteiger partial charge in [0.1, 0.15) is 5.15 Å². The van der Waals surface area contributed by atoms with Crippen molar-refractivity contribution in [3.05, 3.63) is 81.1 Å². The summed E-state index contributed by atoms with van der Waals surface area (Å²) in [6.07, 6.45) is 0.138. The number of amides is 1. The number of carbonyl (C=O) groups is 1. The Morgan fingerprint density at radius 2 is 1.93 bits per heavy atom. The Kier molecular flexibility index (Phi) is 6.96. The molecule has 0 aliphatic heterocycles. The highest BCUT2D eigenvalue weighted by atomic mass is 35.5. The van der Waals surface area contributed by atoms with Gasteiger partial charge >= 0.3 is 0 Å². The molecule has 29 heavy (non-hydrogen) atoms. The van der Waals surface area contributed by atoms with Gasteiger partial charge in [0, 0.05) is 10.7 Å². The zero-order valence-corrected chi connectivity index (χ0v) is 18.1. The first-order valence-corrected chi connectivity index (χ1v) is 10.1. The van der Waals surface area contributed by atoms with Crippen LogP contribution in [0.1, 0.15) is 41.0 Å². The van der Waals surface area contributed by atoms with Crippen molar-refractivity contribution in [3.63, 3.8) is 0 Å². The lowest BCUT2D eigenvalue weighted by Gasteiger charge is -2.10. The molecule has 0 unspecified atom stereocenters. The van der Waals surface area contributed by atoms with E-state index in [0.717, 1.165) is 11.1 Å². The molecule has 0 radical (unpaired) electrons. The van der Waals surface area contributed by atoms with Gasteiger partial charge in [-0.3, -0.25) is 4.79 Å². The molecule has 1 N–H and O–H groups in total. The maximum atomic E-state index is 12.9. The fourth-order valence-electron chi connectivity index (χ4n) is 2.90. The van der Waals surface area contributed by atoms with Crippen LogP contribution in [0.15, 0.2) is 48.5 Å². The van der Waals surface area contributed by atoms with Crippen LogP contribution in [0.25, 0.3) is 0 Å². The Bertz CT molecular complexity index is 1020. The van der Waals surface area contributed by atoms with Crippen LogP contribution in [0.4, 0.5) is 5.69 Å². The van der Waals surface area contributed by atoms with E-state index in [9.17, 15) is 4.79 Å². The molecule has 2 aromatic carbocycles.